The lowest BCUT2D eigenvalue weighted by Gasteiger charge is -2.37. The van der Waals surface area contributed by atoms with Gasteiger partial charge in [0.15, 0.2) is 5.13 Å². The Bertz CT molecular complexity index is 677. The predicted octanol–water partition coefficient (Wildman–Crippen LogP) is 4.03. The molecule has 0 saturated heterocycles. The number of carbonyl (C=O) groups is 1. The Morgan fingerprint density at radius 2 is 2.24 bits per heavy atom. The van der Waals surface area contributed by atoms with Crippen molar-refractivity contribution < 1.29 is 4.79 Å². The number of carbonyl (C=O) groups excluding carboxylic acids is 1. The van der Waals surface area contributed by atoms with Crippen molar-refractivity contribution in [1.29, 1.82) is 0 Å². The van der Waals surface area contributed by atoms with E-state index in [0.717, 1.165) is 35.2 Å². The van der Waals surface area contributed by atoms with Gasteiger partial charge >= 0.3 is 0 Å². The fraction of sp³-hybridized carbons (Fsp3) is 0.500. The number of anilines is 2. The van der Waals surface area contributed by atoms with Crippen molar-refractivity contribution in [3.63, 3.8) is 0 Å². The molecule has 112 valence electrons. The molecule has 1 amide bonds. The fourth-order valence-corrected chi connectivity index (χ4v) is 4.08. The van der Waals surface area contributed by atoms with Crippen LogP contribution in [0.2, 0.25) is 0 Å². The van der Waals surface area contributed by atoms with Gasteiger partial charge in [-0.2, -0.15) is 0 Å². The molecule has 4 nitrogen and oxygen atoms in total. The van der Waals surface area contributed by atoms with Gasteiger partial charge in [0.1, 0.15) is 0 Å². The molecule has 1 fully saturated rings. The van der Waals surface area contributed by atoms with Gasteiger partial charge in [0.05, 0.1) is 10.2 Å². The van der Waals surface area contributed by atoms with Crippen LogP contribution in [0.15, 0.2) is 18.2 Å². The maximum absolute atomic E-state index is 12.6. The second-order valence-corrected chi connectivity index (χ2v) is 7.55. The highest BCUT2D eigenvalue weighted by Gasteiger charge is 2.37. The number of benzene rings is 1. The van der Waals surface area contributed by atoms with Crippen molar-refractivity contribution >= 4 is 38.3 Å². The Morgan fingerprint density at radius 1 is 1.43 bits per heavy atom. The molecule has 0 bridgehead atoms. The molecule has 3 rings (SSSR count). The Labute approximate surface area is 128 Å². The lowest BCUT2D eigenvalue weighted by molar-refractivity contribution is -0.124. The van der Waals surface area contributed by atoms with Crippen molar-refractivity contribution in [3.8, 4) is 0 Å². The van der Waals surface area contributed by atoms with E-state index < -0.39 is 0 Å². The van der Waals surface area contributed by atoms with Gasteiger partial charge in [-0.3, -0.25) is 4.79 Å². The molecular weight excluding hydrogens is 282 g/mol. The number of nitrogens with zero attached hydrogens (tertiary/aromatic N) is 1. The summed E-state index contributed by atoms with van der Waals surface area (Å²) in [6.07, 6.45) is 4.44. The summed E-state index contributed by atoms with van der Waals surface area (Å²) in [5, 5.41) is 3.67. The van der Waals surface area contributed by atoms with Crippen LogP contribution in [0, 0.1) is 11.3 Å². The van der Waals surface area contributed by atoms with E-state index in [1.807, 2.05) is 18.2 Å². The lowest BCUT2D eigenvalue weighted by atomic mass is 9.68. The number of rotatable bonds is 2. The number of hydrogen-bond donors (Lipinski definition) is 2. The number of nitrogens with one attached hydrogen (secondary N) is 1. The number of amides is 1. The zero-order valence-corrected chi connectivity index (χ0v) is 13.3. The Morgan fingerprint density at radius 3 is 3.00 bits per heavy atom. The number of hydrogen-bond acceptors (Lipinski definition) is 4. The third-order valence-corrected chi connectivity index (χ3v) is 5.40. The van der Waals surface area contributed by atoms with Crippen molar-refractivity contribution in [3.05, 3.63) is 18.2 Å². The maximum Gasteiger partial charge on any atom is 0.229 e. The molecule has 1 aromatic heterocycles. The van der Waals surface area contributed by atoms with Gasteiger partial charge in [0, 0.05) is 11.6 Å². The van der Waals surface area contributed by atoms with Gasteiger partial charge in [0.2, 0.25) is 5.91 Å². The smallest absolute Gasteiger partial charge is 0.229 e. The van der Waals surface area contributed by atoms with Gasteiger partial charge in [0.25, 0.3) is 0 Å². The van der Waals surface area contributed by atoms with E-state index in [2.05, 4.69) is 24.1 Å². The molecule has 0 aliphatic heterocycles. The summed E-state index contributed by atoms with van der Waals surface area (Å²) >= 11 is 1.48. The van der Waals surface area contributed by atoms with E-state index in [0.29, 0.717) is 5.13 Å². The Hall–Kier alpha value is -1.62. The first-order valence-electron chi connectivity index (χ1n) is 7.43. The van der Waals surface area contributed by atoms with Crippen LogP contribution in [0.3, 0.4) is 0 Å². The largest absolute Gasteiger partial charge is 0.399 e. The molecule has 2 aromatic rings. The molecule has 1 aliphatic carbocycles. The van der Waals surface area contributed by atoms with Gasteiger partial charge in [-0.25, -0.2) is 4.98 Å². The molecule has 1 heterocycles. The van der Waals surface area contributed by atoms with Gasteiger partial charge < -0.3 is 11.1 Å². The summed E-state index contributed by atoms with van der Waals surface area (Å²) < 4.78 is 1.01. The summed E-state index contributed by atoms with van der Waals surface area (Å²) in [4.78, 5) is 17.0. The summed E-state index contributed by atoms with van der Waals surface area (Å²) in [5.74, 6) is 0.176. The minimum atomic E-state index is 0.0725. The Kier molecular flexibility index (Phi) is 3.61. The zero-order chi connectivity index (χ0) is 15.0. The van der Waals surface area contributed by atoms with E-state index in [9.17, 15) is 4.79 Å². The van der Waals surface area contributed by atoms with Crippen LogP contribution in [-0.2, 0) is 4.79 Å². The number of nitrogen functional groups attached to an aromatic ring is 1. The van der Waals surface area contributed by atoms with Crippen LogP contribution in [-0.4, -0.2) is 10.9 Å². The average molecular weight is 303 g/mol. The van der Waals surface area contributed by atoms with Crippen LogP contribution >= 0.6 is 11.3 Å². The minimum Gasteiger partial charge on any atom is -0.399 e. The molecule has 1 aliphatic rings. The molecule has 1 unspecified atom stereocenters. The van der Waals surface area contributed by atoms with Crippen molar-refractivity contribution in [1.82, 2.24) is 4.98 Å². The van der Waals surface area contributed by atoms with E-state index in [1.54, 1.807) is 0 Å². The average Bonchev–Trinajstić information content (AvgIpc) is 2.79. The number of aromatic nitrogens is 1. The first kappa shape index (κ1) is 14.3. The summed E-state index contributed by atoms with van der Waals surface area (Å²) in [6.45, 7) is 4.38. The van der Waals surface area contributed by atoms with E-state index in [1.165, 1.54) is 17.8 Å². The summed E-state index contributed by atoms with van der Waals surface area (Å²) in [5.41, 5.74) is 7.45. The highest BCUT2D eigenvalue weighted by atomic mass is 32.1. The monoisotopic (exact) mass is 303 g/mol. The third kappa shape index (κ3) is 2.88. The molecule has 0 radical (unpaired) electrons. The summed E-state index contributed by atoms with van der Waals surface area (Å²) in [6, 6.07) is 5.62. The minimum absolute atomic E-state index is 0.0725. The van der Waals surface area contributed by atoms with E-state index in [4.69, 9.17) is 5.73 Å². The van der Waals surface area contributed by atoms with Crippen LogP contribution in [0.5, 0.6) is 0 Å². The molecule has 3 N–H and O–H groups in total. The molecule has 5 heteroatoms. The van der Waals surface area contributed by atoms with Gasteiger partial charge in [-0.15, -0.1) is 0 Å². The van der Waals surface area contributed by atoms with Gasteiger partial charge in [-0.1, -0.05) is 38.0 Å². The van der Waals surface area contributed by atoms with Crippen molar-refractivity contribution in [2.75, 3.05) is 11.1 Å². The second kappa shape index (κ2) is 5.30. The normalized spacial score (nSPS) is 21.3. The number of thiazole rings is 1. The summed E-state index contributed by atoms with van der Waals surface area (Å²) in [7, 11) is 0. The van der Waals surface area contributed by atoms with Crippen LogP contribution in [0.4, 0.5) is 10.8 Å². The highest BCUT2D eigenvalue weighted by molar-refractivity contribution is 7.22. The van der Waals surface area contributed by atoms with Crippen LogP contribution in [0.1, 0.15) is 39.5 Å². The van der Waals surface area contributed by atoms with Crippen molar-refractivity contribution in [2.24, 2.45) is 11.3 Å². The van der Waals surface area contributed by atoms with Gasteiger partial charge in [-0.05, 0) is 36.5 Å². The first-order chi connectivity index (χ1) is 9.95. The maximum atomic E-state index is 12.6. The van der Waals surface area contributed by atoms with Crippen LogP contribution < -0.4 is 11.1 Å². The number of fused-ring (bicyclic) bond motifs is 1. The molecule has 21 heavy (non-hydrogen) atoms. The lowest BCUT2D eigenvalue weighted by Crippen LogP contribution is -2.37. The molecule has 1 atom stereocenters. The molecule has 1 aromatic carbocycles. The van der Waals surface area contributed by atoms with Crippen LogP contribution in [0.25, 0.3) is 10.2 Å². The standard InChI is InChI=1S/C16H21N3OS/c1-16(2)8-4-3-5-11(16)14(20)19-15-18-12-7-6-10(17)9-13(12)21-15/h6-7,9,11H,3-5,8,17H2,1-2H3,(H,18,19,20). The quantitative estimate of drug-likeness (QED) is 0.823. The Balaban J connectivity index is 1.79. The molecule has 0 spiro atoms. The van der Waals surface area contributed by atoms with Crippen molar-refractivity contribution in [2.45, 2.75) is 39.5 Å². The zero-order valence-electron chi connectivity index (χ0n) is 12.5. The molecule has 1 saturated carbocycles. The number of nitrogens with two attached hydrogens (primary N) is 1. The first-order valence-corrected chi connectivity index (χ1v) is 8.24. The fourth-order valence-electron chi connectivity index (χ4n) is 3.17. The third-order valence-electron chi connectivity index (χ3n) is 4.47. The van der Waals surface area contributed by atoms with E-state index in [-0.39, 0.29) is 17.2 Å². The van der Waals surface area contributed by atoms with E-state index >= 15 is 0 Å². The molecular formula is C16H21N3OS. The SMILES string of the molecule is CC1(C)CCCCC1C(=O)Nc1nc2ccc(N)cc2s1. The topological polar surface area (TPSA) is 68.0 Å². The second-order valence-electron chi connectivity index (χ2n) is 6.52. The predicted molar refractivity (Wildman–Crippen MR) is 88.4 cm³/mol. The highest BCUT2D eigenvalue weighted by Crippen LogP contribution is 2.41.